The number of halogens is 3. The fourth-order valence-electron chi connectivity index (χ4n) is 3.66. The van der Waals surface area contributed by atoms with Gasteiger partial charge in [-0.15, -0.1) is 0 Å². The maximum absolute atomic E-state index is 14.0. The highest BCUT2D eigenvalue weighted by Crippen LogP contribution is 2.36. The van der Waals surface area contributed by atoms with Crippen LogP contribution in [0, 0.1) is 11.7 Å². The molecule has 1 saturated heterocycles. The van der Waals surface area contributed by atoms with Crippen LogP contribution in [0.5, 0.6) is 0 Å². The first kappa shape index (κ1) is 22.9. The van der Waals surface area contributed by atoms with Crippen LogP contribution in [0.25, 0.3) is 10.9 Å². The summed E-state index contributed by atoms with van der Waals surface area (Å²) in [5, 5.41) is 7.54. The van der Waals surface area contributed by atoms with Gasteiger partial charge in [0, 0.05) is 48.8 Å². The van der Waals surface area contributed by atoms with E-state index in [1.165, 1.54) is 43.5 Å². The Bertz CT molecular complexity index is 1350. The van der Waals surface area contributed by atoms with Crippen molar-refractivity contribution < 1.29 is 26.4 Å². The molecule has 1 amide bonds. The van der Waals surface area contributed by atoms with Gasteiger partial charge in [-0.1, -0.05) is 6.92 Å². The van der Waals surface area contributed by atoms with Gasteiger partial charge in [-0.3, -0.25) is 4.79 Å². The second kappa shape index (κ2) is 8.27. The second-order valence-electron chi connectivity index (χ2n) is 7.94. The zero-order valence-corrected chi connectivity index (χ0v) is 18.2. The number of hydrogen-bond acceptors (Lipinski definition) is 6. The SMILES string of the molecule is CC1CN(c2nc3ccc(F)cc3cc2C(=O)Nc2ccnc(S(N)(=O)=O)c2)CCC1(F)F. The van der Waals surface area contributed by atoms with Crippen molar-refractivity contribution in [3.8, 4) is 0 Å². The molecule has 1 unspecified atom stereocenters. The number of fused-ring (bicyclic) bond motifs is 1. The van der Waals surface area contributed by atoms with E-state index in [4.69, 9.17) is 5.14 Å². The molecule has 0 radical (unpaired) electrons. The molecule has 1 fully saturated rings. The minimum Gasteiger partial charge on any atom is -0.355 e. The van der Waals surface area contributed by atoms with E-state index < -0.39 is 45.0 Å². The van der Waals surface area contributed by atoms with Crippen molar-refractivity contribution in [1.29, 1.82) is 0 Å². The third-order valence-corrected chi connectivity index (χ3v) is 6.32. The van der Waals surface area contributed by atoms with E-state index >= 15 is 0 Å². The zero-order chi connectivity index (χ0) is 24.0. The molecule has 2 aromatic heterocycles. The number of primary sulfonamides is 1. The van der Waals surface area contributed by atoms with Crippen LogP contribution in [0.2, 0.25) is 0 Å². The maximum Gasteiger partial charge on any atom is 0.259 e. The molecule has 0 saturated carbocycles. The molecule has 1 aliphatic heterocycles. The summed E-state index contributed by atoms with van der Waals surface area (Å²) in [5.74, 6) is -4.83. The molecule has 4 rings (SSSR count). The van der Waals surface area contributed by atoms with Crippen LogP contribution in [0.4, 0.5) is 24.7 Å². The third kappa shape index (κ3) is 4.76. The van der Waals surface area contributed by atoms with Gasteiger partial charge in [0.25, 0.3) is 21.9 Å². The number of amides is 1. The predicted octanol–water partition coefficient (Wildman–Crippen LogP) is 3.15. The summed E-state index contributed by atoms with van der Waals surface area (Å²) in [7, 11) is -4.10. The number of carbonyl (C=O) groups is 1. The van der Waals surface area contributed by atoms with E-state index in [1.54, 1.807) is 4.90 Å². The standard InChI is InChI=1S/C21H20F3N5O3S/c1-12-11-29(7-5-21(12,23)24)19-16(9-13-8-14(22)2-3-17(13)28-19)20(30)27-15-4-6-26-18(10-15)33(25,31)32/h2-4,6,8-10,12H,5,7,11H2,1H3,(H2,25,31,32)(H,26,27,30). The lowest BCUT2D eigenvalue weighted by Crippen LogP contribution is -2.46. The number of sulfonamides is 1. The Morgan fingerprint density at radius 1 is 1.24 bits per heavy atom. The minimum atomic E-state index is -4.10. The molecule has 1 aliphatic rings. The van der Waals surface area contributed by atoms with Crippen LogP contribution in [0.15, 0.2) is 47.6 Å². The molecular formula is C21H20F3N5O3S. The van der Waals surface area contributed by atoms with E-state index in [0.717, 1.165) is 6.07 Å². The average Bonchev–Trinajstić information content (AvgIpc) is 2.74. The maximum atomic E-state index is 14.0. The van der Waals surface area contributed by atoms with E-state index in [2.05, 4.69) is 15.3 Å². The average molecular weight is 479 g/mol. The van der Waals surface area contributed by atoms with Crippen LogP contribution < -0.4 is 15.4 Å². The van der Waals surface area contributed by atoms with Gasteiger partial charge >= 0.3 is 0 Å². The van der Waals surface area contributed by atoms with Gasteiger partial charge in [0.15, 0.2) is 5.03 Å². The van der Waals surface area contributed by atoms with Crippen molar-refractivity contribution in [1.82, 2.24) is 9.97 Å². The lowest BCUT2D eigenvalue weighted by atomic mass is 9.95. The van der Waals surface area contributed by atoms with Crippen molar-refractivity contribution in [2.75, 3.05) is 23.3 Å². The Hall–Kier alpha value is -3.25. The summed E-state index contributed by atoms with van der Waals surface area (Å²) < 4.78 is 64.9. The van der Waals surface area contributed by atoms with E-state index in [-0.39, 0.29) is 30.2 Å². The lowest BCUT2D eigenvalue weighted by molar-refractivity contribution is -0.0652. The Morgan fingerprint density at radius 2 is 2.00 bits per heavy atom. The molecule has 3 heterocycles. The van der Waals surface area contributed by atoms with Crippen molar-refractivity contribution in [2.45, 2.75) is 24.3 Å². The molecule has 0 aliphatic carbocycles. The van der Waals surface area contributed by atoms with Gasteiger partial charge in [0.05, 0.1) is 11.1 Å². The van der Waals surface area contributed by atoms with Gasteiger partial charge in [0.1, 0.15) is 11.6 Å². The lowest BCUT2D eigenvalue weighted by Gasteiger charge is -2.38. The summed E-state index contributed by atoms with van der Waals surface area (Å²) in [4.78, 5) is 22.9. The topological polar surface area (TPSA) is 118 Å². The van der Waals surface area contributed by atoms with Gasteiger partial charge < -0.3 is 10.2 Å². The minimum absolute atomic E-state index is 0.0257. The van der Waals surface area contributed by atoms with Crippen molar-refractivity contribution in [3.63, 3.8) is 0 Å². The number of anilines is 2. The summed E-state index contributed by atoms with van der Waals surface area (Å²) in [5.41, 5.74) is 0.524. The van der Waals surface area contributed by atoms with E-state index in [1.807, 2.05) is 0 Å². The highest BCUT2D eigenvalue weighted by molar-refractivity contribution is 7.89. The normalized spacial score (nSPS) is 18.3. The number of hydrogen-bond donors (Lipinski definition) is 2. The molecule has 1 atom stereocenters. The molecule has 3 N–H and O–H groups in total. The Kier molecular flexibility index (Phi) is 5.74. The van der Waals surface area contributed by atoms with Crippen LogP contribution in [-0.2, 0) is 10.0 Å². The molecule has 8 nitrogen and oxygen atoms in total. The predicted molar refractivity (Wildman–Crippen MR) is 116 cm³/mol. The van der Waals surface area contributed by atoms with Crippen LogP contribution in [-0.4, -0.2) is 43.3 Å². The number of piperidine rings is 1. The number of rotatable bonds is 4. The molecule has 33 heavy (non-hydrogen) atoms. The monoisotopic (exact) mass is 479 g/mol. The first-order valence-corrected chi connectivity index (χ1v) is 11.5. The number of alkyl halides is 2. The number of nitrogens with one attached hydrogen (secondary N) is 1. The molecule has 1 aromatic carbocycles. The Labute approximate surface area is 187 Å². The largest absolute Gasteiger partial charge is 0.355 e. The molecule has 0 bridgehead atoms. The highest BCUT2D eigenvalue weighted by atomic mass is 32.2. The van der Waals surface area contributed by atoms with Gasteiger partial charge in [-0.25, -0.2) is 36.7 Å². The smallest absolute Gasteiger partial charge is 0.259 e. The molecule has 12 heteroatoms. The summed E-state index contributed by atoms with van der Waals surface area (Å²) in [6.07, 6.45) is 0.763. The van der Waals surface area contributed by atoms with Gasteiger partial charge in [-0.2, -0.15) is 0 Å². The first-order valence-electron chi connectivity index (χ1n) is 9.97. The highest BCUT2D eigenvalue weighted by Gasteiger charge is 2.42. The molecule has 174 valence electrons. The van der Waals surface area contributed by atoms with Gasteiger partial charge in [0.2, 0.25) is 0 Å². The summed E-state index contributed by atoms with van der Waals surface area (Å²) in [6, 6.07) is 7.75. The van der Waals surface area contributed by atoms with Crippen LogP contribution >= 0.6 is 0 Å². The molecular weight excluding hydrogens is 459 g/mol. The van der Waals surface area contributed by atoms with E-state index in [0.29, 0.717) is 10.9 Å². The number of nitrogens with two attached hydrogens (primary N) is 1. The number of aromatic nitrogens is 2. The van der Waals surface area contributed by atoms with Crippen molar-refractivity contribution >= 4 is 38.3 Å². The fourth-order valence-corrected chi connectivity index (χ4v) is 4.16. The first-order chi connectivity index (χ1) is 15.4. The van der Waals surface area contributed by atoms with Crippen LogP contribution in [0.3, 0.4) is 0 Å². The molecule has 0 spiro atoms. The summed E-state index contributed by atoms with van der Waals surface area (Å²) >= 11 is 0. The van der Waals surface area contributed by atoms with Crippen molar-refractivity contribution in [3.05, 3.63) is 54.0 Å². The Morgan fingerprint density at radius 3 is 2.70 bits per heavy atom. The van der Waals surface area contributed by atoms with E-state index in [9.17, 15) is 26.4 Å². The van der Waals surface area contributed by atoms with Crippen LogP contribution in [0.1, 0.15) is 23.7 Å². The zero-order valence-electron chi connectivity index (χ0n) is 17.4. The number of benzene rings is 1. The fraction of sp³-hybridized carbons (Fsp3) is 0.286. The third-order valence-electron chi connectivity index (χ3n) is 5.52. The quantitative estimate of drug-likeness (QED) is 0.594. The summed E-state index contributed by atoms with van der Waals surface area (Å²) in [6.45, 7) is 1.37. The number of carbonyl (C=O) groups excluding carboxylic acids is 1. The number of nitrogens with zero attached hydrogens (tertiary/aromatic N) is 3. The Balaban J connectivity index is 1.75. The number of pyridine rings is 2. The van der Waals surface area contributed by atoms with Crippen molar-refractivity contribution in [2.24, 2.45) is 11.1 Å². The van der Waals surface area contributed by atoms with Gasteiger partial charge in [-0.05, 0) is 30.3 Å². The molecule has 3 aromatic rings. The second-order valence-corrected chi connectivity index (χ2v) is 9.44.